The first kappa shape index (κ1) is 25.3. The summed E-state index contributed by atoms with van der Waals surface area (Å²) in [5, 5.41) is 1.10. The van der Waals surface area contributed by atoms with Gasteiger partial charge in [0.2, 0.25) is 0 Å². The van der Waals surface area contributed by atoms with E-state index in [1.165, 1.54) is 38.2 Å². The molecule has 0 radical (unpaired) electrons. The number of hydrogen-bond acceptors (Lipinski definition) is 4. The Labute approximate surface area is 209 Å². The van der Waals surface area contributed by atoms with Gasteiger partial charge in [0.15, 0.2) is 5.78 Å². The highest BCUT2D eigenvalue weighted by atomic mass is 19.1. The number of Topliss-reactive ketones (excluding diaryl/α,β-unsaturated/α-hetero) is 1. The predicted molar refractivity (Wildman–Crippen MR) is 142 cm³/mol. The second-order valence-electron chi connectivity index (χ2n) is 10.4. The van der Waals surface area contributed by atoms with Crippen molar-refractivity contribution in [2.24, 2.45) is 11.8 Å². The maximum absolute atomic E-state index is 13.7. The minimum Gasteiger partial charge on any atom is -0.362 e. The Bertz CT molecular complexity index is 1150. The van der Waals surface area contributed by atoms with Crippen LogP contribution < -0.4 is 4.90 Å². The molecule has 0 aliphatic heterocycles. The molecular formula is C30H38FN3O. The molecule has 1 fully saturated rings. The number of ketones is 1. The summed E-state index contributed by atoms with van der Waals surface area (Å²) in [5.41, 5.74) is 2.11. The molecule has 0 atom stereocenters. The molecule has 35 heavy (non-hydrogen) atoms. The third-order valence-corrected chi connectivity index (χ3v) is 7.54. The number of carbonyl (C=O) groups is 1. The first-order chi connectivity index (χ1) is 16.9. The first-order valence-electron chi connectivity index (χ1n) is 13.1. The number of carbonyl (C=O) groups excluding carboxylic acids is 1. The van der Waals surface area contributed by atoms with Crippen molar-refractivity contribution in [2.75, 3.05) is 19.0 Å². The number of aromatic nitrogens is 2. The lowest BCUT2D eigenvalue weighted by atomic mass is 9.78. The van der Waals surface area contributed by atoms with E-state index in [0.29, 0.717) is 17.5 Å². The molecule has 1 aromatic heterocycles. The average molecular weight is 476 g/mol. The number of hydrogen-bond donors (Lipinski definition) is 0. The van der Waals surface area contributed by atoms with Crippen molar-refractivity contribution in [3.8, 4) is 0 Å². The number of halogens is 1. The second kappa shape index (κ2) is 11.7. The Kier molecular flexibility index (Phi) is 8.48. The Morgan fingerprint density at radius 1 is 0.971 bits per heavy atom. The molecule has 4 rings (SSSR count). The van der Waals surface area contributed by atoms with Crippen molar-refractivity contribution in [2.45, 2.75) is 71.1 Å². The van der Waals surface area contributed by atoms with E-state index in [1.807, 2.05) is 26.2 Å². The summed E-state index contributed by atoms with van der Waals surface area (Å²) in [5.74, 6) is 3.22. The van der Waals surface area contributed by atoms with Crippen LogP contribution in [0.15, 0.2) is 42.5 Å². The van der Waals surface area contributed by atoms with Crippen LogP contribution in [0.25, 0.3) is 10.9 Å². The quantitative estimate of drug-likeness (QED) is 0.288. The van der Waals surface area contributed by atoms with Gasteiger partial charge in [0, 0.05) is 37.9 Å². The SMILES string of the molecule is Cc1ccc(C(=O)CCCC2CCC(CCCc3nc(N(C)C)c4ccccc4n3)CC2)cc1F. The van der Waals surface area contributed by atoms with Crippen LogP contribution in [0.1, 0.15) is 79.5 Å². The zero-order chi connectivity index (χ0) is 24.8. The zero-order valence-corrected chi connectivity index (χ0v) is 21.4. The fourth-order valence-electron chi connectivity index (χ4n) is 5.38. The number of nitrogens with zero attached hydrogens (tertiary/aromatic N) is 3. The largest absolute Gasteiger partial charge is 0.362 e. The molecule has 1 saturated carbocycles. The summed E-state index contributed by atoms with van der Waals surface area (Å²) in [6.45, 7) is 1.72. The minimum atomic E-state index is -0.292. The molecule has 186 valence electrons. The van der Waals surface area contributed by atoms with Crippen molar-refractivity contribution < 1.29 is 9.18 Å². The van der Waals surface area contributed by atoms with Gasteiger partial charge in [-0.15, -0.1) is 0 Å². The fourth-order valence-corrected chi connectivity index (χ4v) is 5.38. The Morgan fingerprint density at radius 2 is 1.66 bits per heavy atom. The molecule has 0 saturated heterocycles. The molecule has 0 N–H and O–H groups in total. The lowest BCUT2D eigenvalue weighted by Crippen LogP contribution is -2.16. The highest BCUT2D eigenvalue weighted by Gasteiger charge is 2.21. The maximum Gasteiger partial charge on any atom is 0.162 e. The van der Waals surface area contributed by atoms with E-state index in [2.05, 4.69) is 17.0 Å². The molecule has 1 aliphatic carbocycles. The van der Waals surface area contributed by atoms with Crippen molar-refractivity contribution in [1.82, 2.24) is 9.97 Å². The van der Waals surface area contributed by atoms with Crippen LogP contribution in [-0.2, 0) is 6.42 Å². The van der Waals surface area contributed by atoms with E-state index >= 15 is 0 Å². The average Bonchev–Trinajstić information content (AvgIpc) is 2.86. The third-order valence-electron chi connectivity index (χ3n) is 7.54. The van der Waals surface area contributed by atoms with Crippen molar-refractivity contribution >= 4 is 22.5 Å². The number of benzene rings is 2. The first-order valence-corrected chi connectivity index (χ1v) is 13.1. The molecule has 0 spiro atoms. The zero-order valence-electron chi connectivity index (χ0n) is 21.4. The van der Waals surface area contributed by atoms with Crippen LogP contribution >= 0.6 is 0 Å². The van der Waals surface area contributed by atoms with Gasteiger partial charge in [-0.25, -0.2) is 14.4 Å². The summed E-state index contributed by atoms with van der Waals surface area (Å²) in [6, 6.07) is 13.1. The lowest BCUT2D eigenvalue weighted by Gasteiger charge is -2.28. The van der Waals surface area contributed by atoms with E-state index in [0.717, 1.165) is 60.1 Å². The number of rotatable bonds is 10. The Balaban J connectivity index is 1.17. The van der Waals surface area contributed by atoms with Crippen molar-refractivity contribution in [3.05, 3.63) is 65.2 Å². The number of fused-ring (bicyclic) bond motifs is 1. The van der Waals surface area contributed by atoms with Gasteiger partial charge >= 0.3 is 0 Å². The lowest BCUT2D eigenvalue weighted by molar-refractivity contribution is 0.0975. The highest BCUT2D eigenvalue weighted by molar-refractivity contribution is 5.96. The summed E-state index contributed by atoms with van der Waals surface area (Å²) >= 11 is 0. The molecule has 1 aliphatic rings. The molecule has 0 amide bonds. The van der Waals surface area contributed by atoms with Gasteiger partial charge in [0.05, 0.1) is 5.52 Å². The van der Waals surface area contributed by atoms with E-state index in [9.17, 15) is 9.18 Å². The van der Waals surface area contributed by atoms with Gasteiger partial charge < -0.3 is 4.90 Å². The maximum atomic E-state index is 13.7. The number of para-hydroxylation sites is 1. The van der Waals surface area contributed by atoms with E-state index in [-0.39, 0.29) is 11.6 Å². The highest BCUT2D eigenvalue weighted by Crippen LogP contribution is 2.34. The van der Waals surface area contributed by atoms with Gasteiger partial charge in [0.1, 0.15) is 17.5 Å². The van der Waals surface area contributed by atoms with Gasteiger partial charge in [0.25, 0.3) is 0 Å². The van der Waals surface area contributed by atoms with Gasteiger partial charge in [-0.1, -0.05) is 62.8 Å². The van der Waals surface area contributed by atoms with Crippen LogP contribution in [0.4, 0.5) is 10.2 Å². The van der Waals surface area contributed by atoms with Gasteiger partial charge in [-0.2, -0.15) is 0 Å². The molecule has 0 unspecified atom stereocenters. The summed E-state index contributed by atoms with van der Waals surface area (Å²) in [6.07, 6.45) is 10.9. The Hall–Kier alpha value is -2.82. The molecule has 5 heteroatoms. The summed E-state index contributed by atoms with van der Waals surface area (Å²) < 4.78 is 13.7. The van der Waals surface area contributed by atoms with E-state index in [4.69, 9.17) is 9.97 Å². The van der Waals surface area contributed by atoms with Crippen molar-refractivity contribution in [1.29, 1.82) is 0 Å². The van der Waals surface area contributed by atoms with Gasteiger partial charge in [-0.3, -0.25) is 4.79 Å². The van der Waals surface area contributed by atoms with Crippen LogP contribution in [0.3, 0.4) is 0 Å². The molecule has 1 heterocycles. The predicted octanol–water partition coefficient (Wildman–Crippen LogP) is 7.33. The topological polar surface area (TPSA) is 46.1 Å². The monoisotopic (exact) mass is 475 g/mol. The molecule has 4 nitrogen and oxygen atoms in total. The van der Waals surface area contributed by atoms with Crippen LogP contribution in [0, 0.1) is 24.6 Å². The Morgan fingerprint density at radius 3 is 2.34 bits per heavy atom. The van der Waals surface area contributed by atoms with Crippen LogP contribution in [0.2, 0.25) is 0 Å². The molecule has 2 aromatic carbocycles. The number of anilines is 1. The van der Waals surface area contributed by atoms with Crippen LogP contribution in [0.5, 0.6) is 0 Å². The smallest absolute Gasteiger partial charge is 0.162 e. The van der Waals surface area contributed by atoms with E-state index in [1.54, 1.807) is 19.1 Å². The number of aryl methyl sites for hydroxylation is 2. The summed E-state index contributed by atoms with van der Waals surface area (Å²) in [7, 11) is 4.07. The molecular weight excluding hydrogens is 437 g/mol. The second-order valence-corrected chi connectivity index (χ2v) is 10.4. The molecule has 3 aromatic rings. The normalized spacial score (nSPS) is 18.1. The minimum absolute atomic E-state index is 0.0610. The molecule has 0 bridgehead atoms. The van der Waals surface area contributed by atoms with E-state index < -0.39 is 0 Å². The van der Waals surface area contributed by atoms with Crippen molar-refractivity contribution in [3.63, 3.8) is 0 Å². The van der Waals surface area contributed by atoms with Gasteiger partial charge in [-0.05, 0) is 55.4 Å². The fraction of sp³-hybridized carbons (Fsp3) is 0.500. The standard InChI is InChI=1S/C30H38FN3O/c1-21-14-19-24(20-26(21)31)28(35)12-6-8-22-15-17-23(18-16-22)9-7-13-29-32-27-11-5-4-10-25(27)30(33-29)34(2)3/h4-5,10-11,14,19-20,22-23H,6-9,12-13,15-18H2,1-3H3. The third kappa shape index (κ3) is 6.65. The van der Waals surface area contributed by atoms with Crippen LogP contribution in [-0.4, -0.2) is 29.8 Å². The summed E-state index contributed by atoms with van der Waals surface area (Å²) in [4.78, 5) is 24.1.